The third kappa shape index (κ3) is 4.01. The molecule has 2 aliphatic rings. The van der Waals surface area contributed by atoms with Crippen molar-refractivity contribution in [1.29, 1.82) is 0 Å². The number of thiophene rings is 1. The molecule has 0 saturated carbocycles. The molecule has 0 spiro atoms. The van der Waals surface area contributed by atoms with Crippen molar-refractivity contribution in [3.63, 3.8) is 0 Å². The molecule has 0 atom stereocenters. The maximum atomic E-state index is 13.6. The zero-order valence-corrected chi connectivity index (χ0v) is 20.4. The van der Waals surface area contributed by atoms with Crippen LogP contribution in [0.5, 0.6) is 0 Å². The minimum Gasteiger partial charge on any atom is -0.311 e. The van der Waals surface area contributed by atoms with Crippen molar-refractivity contribution in [1.82, 2.24) is 9.55 Å². The number of nitrogens with zero attached hydrogens (tertiary/aromatic N) is 3. The number of rotatable bonds is 6. The highest BCUT2D eigenvalue weighted by Gasteiger charge is 2.26. The lowest BCUT2D eigenvalue weighted by atomic mass is 9.97. The number of fused-ring (bicyclic) bond motifs is 4. The average Bonchev–Trinajstić information content (AvgIpc) is 3.38. The van der Waals surface area contributed by atoms with Gasteiger partial charge in [0.25, 0.3) is 5.56 Å². The second kappa shape index (κ2) is 9.02. The number of para-hydroxylation sites is 1. The van der Waals surface area contributed by atoms with Gasteiger partial charge in [-0.05, 0) is 61.6 Å². The largest absolute Gasteiger partial charge is 0.311 e. The summed E-state index contributed by atoms with van der Waals surface area (Å²) in [5.41, 5.74) is 3.55. The molecule has 7 heteroatoms. The summed E-state index contributed by atoms with van der Waals surface area (Å²) in [4.78, 5) is 35.6. The first kappa shape index (κ1) is 21.7. The summed E-state index contributed by atoms with van der Waals surface area (Å²) in [5.74, 6) is 0.865. The van der Waals surface area contributed by atoms with Crippen LogP contribution in [-0.4, -0.2) is 27.8 Å². The highest BCUT2D eigenvalue weighted by Crippen LogP contribution is 2.35. The Bertz CT molecular complexity index is 1230. The zero-order chi connectivity index (χ0) is 22.2. The van der Waals surface area contributed by atoms with Crippen LogP contribution in [0.4, 0.5) is 5.69 Å². The summed E-state index contributed by atoms with van der Waals surface area (Å²) >= 11 is 3.09. The first-order valence-electron chi connectivity index (χ1n) is 11.6. The van der Waals surface area contributed by atoms with Crippen molar-refractivity contribution in [2.24, 2.45) is 5.92 Å². The number of carbonyl (C=O) groups excluding carboxylic acids is 1. The van der Waals surface area contributed by atoms with Gasteiger partial charge in [0.1, 0.15) is 4.83 Å². The van der Waals surface area contributed by atoms with Crippen LogP contribution in [0, 0.1) is 5.92 Å². The van der Waals surface area contributed by atoms with Gasteiger partial charge in [-0.1, -0.05) is 43.8 Å². The predicted molar refractivity (Wildman–Crippen MR) is 133 cm³/mol. The summed E-state index contributed by atoms with van der Waals surface area (Å²) in [5, 5.41) is 1.51. The van der Waals surface area contributed by atoms with Crippen LogP contribution in [0.15, 0.2) is 34.2 Å². The smallest absolute Gasteiger partial charge is 0.263 e. The quantitative estimate of drug-likeness (QED) is 0.375. The fourth-order valence-corrected chi connectivity index (χ4v) is 6.92. The number of hydrogen-bond acceptors (Lipinski definition) is 5. The number of carbonyl (C=O) groups is 1. The third-order valence-electron chi connectivity index (χ3n) is 6.48. The second-order valence-corrected chi connectivity index (χ2v) is 11.2. The zero-order valence-electron chi connectivity index (χ0n) is 18.7. The lowest BCUT2D eigenvalue weighted by Crippen LogP contribution is -2.31. The molecular weight excluding hydrogens is 438 g/mol. The molecule has 0 unspecified atom stereocenters. The first-order valence-corrected chi connectivity index (χ1v) is 13.4. The molecule has 1 amide bonds. The van der Waals surface area contributed by atoms with Crippen LogP contribution in [0.1, 0.15) is 49.1 Å². The maximum Gasteiger partial charge on any atom is 0.263 e. The molecule has 3 aromatic rings. The number of aromatic nitrogens is 2. The summed E-state index contributed by atoms with van der Waals surface area (Å²) in [6.07, 6.45) is 6.19. The van der Waals surface area contributed by atoms with E-state index >= 15 is 0 Å². The lowest BCUT2D eigenvalue weighted by molar-refractivity contribution is -0.116. The molecule has 5 rings (SSSR count). The Hall–Kier alpha value is -2.12. The van der Waals surface area contributed by atoms with E-state index in [-0.39, 0.29) is 11.5 Å². The van der Waals surface area contributed by atoms with Gasteiger partial charge in [0.15, 0.2) is 5.16 Å². The molecule has 1 aliphatic heterocycles. The number of anilines is 1. The summed E-state index contributed by atoms with van der Waals surface area (Å²) < 4.78 is 1.83. The molecule has 5 nitrogen and oxygen atoms in total. The van der Waals surface area contributed by atoms with E-state index in [1.54, 1.807) is 11.3 Å². The molecule has 1 aliphatic carbocycles. The standard InChI is InChI=1S/C25H29N3O2S2/c1-16(2)11-13-28-24(30)22-18-8-4-6-10-20(18)32-23(22)26-25(28)31-15-21(29)27-14-12-17-7-3-5-9-19(17)27/h3,5,7,9,16H,4,6,8,10-15H2,1-2H3. The molecule has 0 N–H and O–H groups in total. The number of thioether (sulfide) groups is 1. The SMILES string of the molecule is CC(C)CCn1c(SCC(=O)N2CCc3ccccc32)nc2sc3c(c2c1=O)CCCC3. The summed E-state index contributed by atoms with van der Waals surface area (Å²) in [6.45, 7) is 5.71. The first-order chi connectivity index (χ1) is 15.5. The fraction of sp³-hybridized carbons (Fsp3) is 0.480. The fourth-order valence-electron chi connectivity index (χ4n) is 4.72. The van der Waals surface area contributed by atoms with Crippen molar-refractivity contribution >= 4 is 44.9 Å². The normalized spacial score (nSPS) is 15.4. The van der Waals surface area contributed by atoms with Gasteiger partial charge in [-0.3, -0.25) is 14.2 Å². The van der Waals surface area contributed by atoms with Gasteiger partial charge in [0.05, 0.1) is 11.1 Å². The van der Waals surface area contributed by atoms with Gasteiger partial charge in [-0.25, -0.2) is 4.98 Å². The topological polar surface area (TPSA) is 55.2 Å². The van der Waals surface area contributed by atoms with E-state index in [0.29, 0.717) is 23.4 Å². The van der Waals surface area contributed by atoms with Crippen LogP contribution in [0.2, 0.25) is 0 Å². The molecule has 168 valence electrons. The van der Waals surface area contributed by atoms with Gasteiger partial charge in [0.2, 0.25) is 5.91 Å². The van der Waals surface area contributed by atoms with E-state index in [9.17, 15) is 9.59 Å². The number of benzene rings is 1. The third-order valence-corrected chi connectivity index (χ3v) is 8.63. The van der Waals surface area contributed by atoms with Crippen LogP contribution in [0.3, 0.4) is 0 Å². The Balaban J connectivity index is 1.45. The van der Waals surface area contributed by atoms with Crippen molar-refractivity contribution in [3.8, 4) is 0 Å². The highest BCUT2D eigenvalue weighted by molar-refractivity contribution is 7.99. The lowest BCUT2D eigenvalue weighted by Gasteiger charge is -2.18. The van der Waals surface area contributed by atoms with E-state index in [0.717, 1.165) is 54.6 Å². The van der Waals surface area contributed by atoms with Crippen molar-refractivity contribution in [2.45, 2.75) is 64.1 Å². The number of aryl methyl sites for hydroxylation is 2. The second-order valence-electron chi connectivity index (χ2n) is 9.14. The van der Waals surface area contributed by atoms with Crippen molar-refractivity contribution in [2.75, 3.05) is 17.2 Å². The van der Waals surface area contributed by atoms with Gasteiger partial charge in [-0.15, -0.1) is 11.3 Å². The molecule has 0 saturated heterocycles. The monoisotopic (exact) mass is 467 g/mol. The molecule has 0 radical (unpaired) electrons. The Morgan fingerprint density at radius 3 is 2.84 bits per heavy atom. The Labute approximate surface area is 196 Å². The summed E-state index contributed by atoms with van der Waals surface area (Å²) in [6, 6.07) is 8.11. The van der Waals surface area contributed by atoms with Gasteiger partial charge >= 0.3 is 0 Å². The average molecular weight is 468 g/mol. The maximum absolute atomic E-state index is 13.6. The molecule has 0 fully saturated rings. The Kier molecular flexibility index (Phi) is 6.12. The van der Waals surface area contributed by atoms with Crippen LogP contribution in [0.25, 0.3) is 10.2 Å². The molecule has 2 aromatic heterocycles. The highest BCUT2D eigenvalue weighted by atomic mass is 32.2. The van der Waals surface area contributed by atoms with Gasteiger partial charge in [-0.2, -0.15) is 0 Å². The minimum atomic E-state index is 0.0789. The summed E-state index contributed by atoms with van der Waals surface area (Å²) in [7, 11) is 0. The van der Waals surface area contributed by atoms with Crippen LogP contribution < -0.4 is 10.5 Å². The molecule has 3 heterocycles. The molecule has 0 bridgehead atoms. The van der Waals surface area contributed by atoms with Crippen LogP contribution in [-0.2, 0) is 30.6 Å². The predicted octanol–water partition coefficient (Wildman–Crippen LogP) is 5.06. The van der Waals surface area contributed by atoms with E-state index in [1.165, 1.54) is 34.2 Å². The van der Waals surface area contributed by atoms with E-state index < -0.39 is 0 Å². The molecular formula is C25H29N3O2S2. The Morgan fingerprint density at radius 1 is 1.19 bits per heavy atom. The van der Waals surface area contributed by atoms with Crippen LogP contribution >= 0.6 is 23.1 Å². The van der Waals surface area contributed by atoms with E-state index in [4.69, 9.17) is 4.98 Å². The molecule has 32 heavy (non-hydrogen) atoms. The van der Waals surface area contributed by atoms with Crippen molar-refractivity contribution < 1.29 is 4.79 Å². The van der Waals surface area contributed by atoms with Gasteiger partial charge < -0.3 is 4.90 Å². The number of amides is 1. The van der Waals surface area contributed by atoms with Crippen molar-refractivity contribution in [3.05, 3.63) is 50.6 Å². The number of hydrogen-bond donors (Lipinski definition) is 0. The minimum absolute atomic E-state index is 0.0789. The van der Waals surface area contributed by atoms with E-state index in [1.807, 2.05) is 27.7 Å². The Morgan fingerprint density at radius 2 is 2.00 bits per heavy atom. The molecule has 1 aromatic carbocycles. The van der Waals surface area contributed by atoms with E-state index in [2.05, 4.69) is 19.9 Å². The van der Waals surface area contributed by atoms with Gasteiger partial charge in [0, 0.05) is 23.7 Å².